The van der Waals surface area contributed by atoms with Crippen LogP contribution in [0.5, 0.6) is 0 Å². The molecule has 0 spiro atoms. The maximum atomic E-state index is 12.7. The first-order chi connectivity index (χ1) is 11.3. The zero-order valence-electron chi connectivity index (χ0n) is 12.4. The highest BCUT2D eigenvalue weighted by Crippen LogP contribution is 2.29. The molecule has 0 aliphatic rings. The summed E-state index contributed by atoms with van der Waals surface area (Å²) >= 11 is 9.33. The van der Waals surface area contributed by atoms with Crippen LogP contribution in [0.15, 0.2) is 48.5 Å². The van der Waals surface area contributed by atoms with Crippen molar-refractivity contribution in [3.63, 3.8) is 0 Å². The summed E-state index contributed by atoms with van der Waals surface area (Å²) in [5.74, 6) is -0.313. The number of benzene rings is 2. The quantitative estimate of drug-likeness (QED) is 0.679. The number of hydrogen-bond acceptors (Lipinski definition) is 1. The lowest BCUT2D eigenvalue weighted by molar-refractivity contribution is -0.137. The predicted octanol–water partition coefficient (Wildman–Crippen LogP) is 4.98. The third kappa shape index (κ3) is 5.24. The number of carbonyl (C=O) groups excluding carboxylic acids is 1. The van der Waals surface area contributed by atoms with Gasteiger partial charge in [-0.15, -0.1) is 0 Å². The van der Waals surface area contributed by atoms with E-state index in [1.807, 2.05) is 12.1 Å². The van der Waals surface area contributed by atoms with E-state index >= 15 is 0 Å². The molecule has 0 fully saturated rings. The van der Waals surface area contributed by atoms with E-state index in [4.69, 9.17) is 11.6 Å². The molecule has 2 nitrogen and oxygen atoms in total. The van der Waals surface area contributed by atoms with Crippen molar-refractivity contribution >= 4 is 33.4 Å². The van der Waals surface area contributed by atoms with Crippen molar-refractivity contribution in [3.8, 4) is 0 Å². The lowest BCUT2D eigenvalue weighted by Gasteiger charge is -2.13. The molecule has 2 aromatic rings. The number of amides is 1. The van der Waals surface area contributed by atoms with Crippen LogP contribution in [0.25, 0.3) is 0 Å². The number of rotatable bonds is 5. The van der Waals surface area contributed by atoms with E-state index in [-0.39, 0.29) is 12.5 Å². The predicted molar refractivity (Wildman–Crippen MR) is 91.2 cm³/mol. The minimum Gasteiger partial charge on any atom is -0.351 e. The van der Waals surface area contributed by atoms with Crippen molar-refractivity contribution in [1.82, 2.24) is 5.32 Å². The third-order valence-corrected chi connectivity index (χ3v) is 4.47. The summed E-state index contributed by atoms with van der Waals surface area (Å²) in [6.07, 6.45) is -4.02. The van der Waals surface area contributed by atoms with E-state index in [1.165, 1.54) is 12.1 Å². The van der Waals surface area contributed by atoms with Crippen LogP contribution in [0.4, 0.5) is 13.2 Å². The number of alkyl halides is 4. The van der Waals surface area contributed by atoms with E-state index in [0.717, 1.165) is 17.7 Å². The first-order valence-corrected chi connectivity index (χ1v) is 8.38. The van der Waals surface area contributed by atoms with Crippen molar-refractivity contribution in [2.75, 3.05) is 0 Å². The van der Waals surface area contributed by atoms with Gasteiger partial charge in [0, 0.05) is 11.6 Å². The Kier molecular flexibility index (Phi) is 6.29. The highest BCUT2D eigenvalue weighted by molar-refractivity contribution is 9.10. The fourth-order valence-electron chi connectivity index (χ4n) is 2.11. The fourth-order valence-corrected chi connectivity index (χ4v) is 2.83. The van der Waals surface area contributed by atoms with Gasteiger partial charge in [-0.1, -0.05) is 57.9 Å². The number of hydrogen-bond donors (Lipinski definition) is 1. The van der Waals surface area contributed by atoms with Gasteiger partial charge in [0.15, 0.2) is 0 Å². The SMILES string of the molecule is O=C(NCc1cccc(C(F)(F)F)c1)C(Br)Cc1ccccc1Cl. The Morgan fingerprint density at radius 1 is 1.17 bits per heavy atom. The molecule has 0 saturated carbocycles. The first kappa shape index (κ1) is 18.8. The summed E-state index contributed by atoms with van der Waals surface area (Å²) in [4.78, 5) is 11.6. The van der Waals surface area contributed by atoms with Crippen LogP contribution in [0.3, 0.4) is 0 Å². The molecule has 1 N–H and O–H groups in total. The second-order valence-electron chi connectivity index (χ2n) is 5.18. The molecule has 1 amide bonds. The molecule has 0 aliphatic carbocycles. The maximum absolute atomic E-state index is 12.7. The van der Waals surface area contributed by atoms with Crippen molar-refractivity contribution in [3.05, 3.63) is 70.2 Å². The molecular weight excluding hydrogens is 407 g/mol. The van der Waals surface area contributed by atoms with Gasteiger partial charge < -0.3 is 5.32 Å². The molecule has 1 unspecified atom stereocenters. The van der Waals surface area contributed by atoms with Crippen LogP contribution >= 0.6 is 27.5 Å². The normalized spacial score (nSPS) is 12.7. The molecule has 0 bridgehead atoms. The molecule has 1 atom stereocenters. The van der Waals surface area contributed by atoms with Crippen molar-refractivity contribution in [2.45, 2.75) is 24.0 Å². The maximum Gasteiger partial charge on any atom is 0.416 e. The van der Waals surface area contributed by atoms with Gasteiger partial charge >= 0.3 is 6.18 Å². The van der Waals surface area contributed by atoms with Gasteiger partial charge in [-0.25, -0.2) is 0 Å². The molecule has 128 valence electrons. The number of halogens is 5. The fraction of sp³-hybridized carbons (Fsp3) is 0.235. The molecule has 0 saturated heterocycles. The van der Waals surface area contributed by atoms with E-state index in [0.29, 0.717) is 17.0 Å². The molecule has 0 aliphatic heterocycles. The first-order valence-electron chi connectivity index (χ1n) is 7.08. The van der Waals surface area contributed by atoms with Gasteiger partial charge in [-0.2, -0.15) is 13.2 Å². The summed E-state index contributed by atoms with van der Waals surface area (Å²) in [6, 6.07) is 12.0. The summed E-state index contributed by atoms with van der Waals surface area (Å²) in [5, 5.41) is 3.18. The van der Waals surface area contributed by atoms with Crippen LogP contribution in [-0.4, -0.2) is 10.7 Å². The molecule has 2 aromatic carbocycles. The Hall–Kier alpha value is -1.53. The average Bonchev–Trinajstić information content (AvgIpc) is 2.54. The van der Waals surface area contributed by atoms with E-state index in [9.17, 15) is 18.0 Å². The molecular formula is C17H14BrClF3NO. The number of nitrogens with one attached hydrogen (secondary N) is 1. The topological polar surface area (TPSA) is 29.1 Å². The van der Waals surface area contributed by atoms with E-state index in [2.05, 4.69) is 21.2 Å². The lowest BCUT2D eigenvalue weighted by atomic mass is 10.1. The van der Waals surface area contributed by atoms with Gasteiger partial charge in [0.2, 0.25) is 5.91 Å². The minimum absolute atomic E-state index is 0.0212. The van der Waals surface area contributed by atoms with Gasteiger partial charge in [-0.3, -0.25) is 4.79 Å². The summed E-state index contributed by atoms with van der Waals surface area (Å²) in [7, 11) is 0. The Morgan fingerprint density at radius 3 is 2.54 bits per heavy atom. The largest absolute Gasteiger partial charge is 0.416 e. The molecule has 0 heterocycles. The van der Waals surface area contributed by atoms with Crippen LogP contribution in [0, 0.1) is 0 Å². The van der Waals surface area contributed by atoms with Gasteiger partial charge in [0.05, 0.1) is 10.4 Å². The monoisotopic (exact) mass is 419 g/mol. The molecule has 0 radical (unpaired) electrons. The highest BCUT2D eigenvalue weighted by Gasteiger charge is 2.30. The summed E-state index contributed by atoms with van der Waals surface area (Å²) in [6.45, 7) is 0.0212. The standard InChI is InChI=1S/C17H14BrClF3NO/c18-14(9-12-5-1-2-7-15(12)19)16(24)23-10-11-4-3-6-13(8-11)17(20,21)22/h1-8,14H,9-10H2,(H,23,24). The second kappa shape index (κ2) is 8.03. The van der Waals surface area contributed by atoms with Crippen LogP contribution in [0.1, 0.15) is 16.7 Å². The van der Waals surface area contributed by atoms with Crippen molar-refractivity contribution in [2.24, 2.45) is 0 Å². The van der Waals surface area contributed by atoms with Gasteiger partial charge in [-0.05, 0) is 35.7 Å². The third-order valence-electron chi connectivity index (χ3n) is 3.36. The summed E-state index contributed by atoms with van der Waals surface area (Å²) < 4.78 is 38.0. The minimum atomic E-state index is -4.40. The number of carbonyl (C=O) groups is 1. The zero-order valence-corrected chi connectivity index (χ0v) is 14.8. The van der Waals surface area contributed by atoms with Crippen LogP contribution in [-0.2, 0) is 23.9 Å². The Morgan fingerprint density at radius 2 is 1.88 bits per heavy atom. The Labute approximate surface area is 151 Å². The van der Waals surface area contributed by atoms with Gasteiger partial charge in [0.25, 0.3) is 0 Å². The molecule has 0 aromatic heterocycles. The highest BCUT2D eigenvalue weighted by atomic mass is 79.9. The second-order valence-corrected chi connectivity index (χ2v) is 6.69. The van der Waals surface area contributed by atoms with Crippen molar-refractivity contribution in [1.29, 1.82) is 0 Å². The van der Waals surface area contributed by atoms with E-state index in [1.54, 1.807) is 12.1 Å². The molecule has 24 heavy (non-hydrogen) atoms. The molecule has 2 rings (SSSR count). The average molecular weight is 421 g/mol. The van der Waals surface area contributed by atoms with Gasteiger partial charge in [0.1, 0.15) is 0 Å². The van der Waals surface area contributed by atoms with Crippen LogP contribution < -0.4 is 5.32 Å². The van der Waals surface area contributed by atoms with Crippen molar-refractivity contribution < 1.29 is 18.0 Å². The lowest BCUT2D eigenvalue weighted by Crippen LogP contribution is -2.32. The Balaban J connectivity index is 1.94. The van der Waals surface area contributed by atoms with Crippen LogP contribution in [0.2, 0.25) is 5.02 Å². The Bertz CT molecular complexity index is 721. The smallest absolute Gasteiger partial charge is 0.351 e. The van der Waals surface area contributed by atoms with E-state index < -0.39 is 16.6 Å². The molecule has 7 heteroatoms. The zero-order chi connectivity index (χ0) is 17.7. The summed E-state index contributed by atoms with van der Waals surface area (Å²) in [5.41, 5.74) is 0.464.